The molecule has 0 saturated carbocycles. The first-order valence-electron chi connectivity index (χ1n) is 11.0. The number of carboxylic acids is 1. The Balaban J connectivity index is 1.54. The van der Waals surface area contributed by atoms with E-state index in [0.29, 0.717) is 22.9 Å². The number of rotatable bonds is 4. The zero-order valence-corrected chi connectivity index (χ0v) is 20.1. The number of carboxylic acid groups (broad SMARTS) is 1. The number of benzene rings is 2. The van der Waals surface area contributed by atoms with E-state index in [4.69, 9.17) is 32.7 Å². The molecule has 9 nitrogen and oxygen atoms in total. The summed E-state index contributed by atoms with van der Waals surface area (Å²) in [6, 6.07) is 12.8. The lowest BCUT2D eigenvalue weighted by Gasteiger charge is -2.40. The highest BCUT2D eigenvalue weighted by atomic mass is 35.5. The topological polar surface area (TPSA) is 137 Å². The van der Waals surface area contributed by atoms with Crippen molar-refractivity contribution in [2.75, 3.05) is 7.05 Å². The SMILES string of the molecule is CN(C(=O)O[C@@H]1O[C@H](C(=O)O)[C@@H](O)[C@H](O)[C@H]1O)[C@H]1CC[C@@H](c2ccc(Cl)c(Cl)c2)c2ccccc21. The molecule has 0 bridgehead atoms. The summed E-state index contributed by atoms with van der Waals surface area (Å²) < 4.78 is 10.3. The molecule has 1 aliphatic heterocycles. The van der Waals surface area contributed by atoms with Gasteiger partial charge >= 0.3 is 12.1 Å². The first kappa shape index (κ1) is 25.7. The molecule has 11 heteroatoms. The number of ether oxygens (including phenoxy) is 2. The summed E-state index contributed by atoms with van der Waals surface area (Å²) in [4.78, 5) is 25.6. The maximum Gasteiger partial charge on any atom is 0.412 e. The number of fused-ring (bicyclic) bond motifs is 1. The van der Waals surface area contributed by atoms with E-state index < -0.39 is 42.8 Å². The van der Waals surface area contributed by atoms with Crippen LogP contribution >= 0.6 is 23.2 Å². The molecule has 1 saturated heterocycles. The number of aliphatic hydroxyl groups is 3. The van der Waals surface area contributed by atoms with Crippen LogP contribution in [0.1, 0.15) is 41.5 Å². The lowest BCUT2D eigenvalue weighted by molar-refractivity contribution is -0.280. The Morgan fingerprint density at radius 2 is 1.66 bits per heavy atom. The van der Waals surface area contributed by atoms with E-state index in [-0.39, 0.29) is 12.0 Å². The Bertz CT molecular complexity index is 1110. The van der Waals surface area contributed by atoms with Gasteiger partial charge in [-0.05, 0) is 41.7 Å². The number of aliphatic hydroxyl groups excluding tert-OH is 3. The second-order valence-electron chi connectivity index (χ2n) is 8.68. The van der Waals surface area contributed by atoms with Crippen LogP contribution in [0.5, 0.6) is 0 Å². The average Bonchev–Trinajstić information content (AvgIpc) is 2.84. The van der Waals surface area contributed by atoms with Gasteiger partial charge in [0, 0.05) is 13.0 Å². The molecule has 1 amide bonds. The number of carbonyl (C=O) groups excluding carboxylic acids is 1. The van der Waals surface area contributed by atoms with E-state index in [1.807, 2.05) is 36.4 Å². The maximum absolute atomic E-state index is 13.0. The highest BCUT2D eigenvalue weighted by Crippen LogP contribution is 2.44. The first-order valence-corrected chi connectivity index (χ1v) is 11.8. The second-order valence-corrected chi connectivity index (χ2v) is 9.49. The third kappa shape index (κ3) is 4.97. The van der Waals surface area contributed by atoms with Crippen molar-refractivity contribution in [3.8, 4) is 0 Å². The molecule has 35 heavy (non-hydrogen) atoms. The lowest BCUT2D eigenvalue weighted by Crippen LogP contribution is -2.61. The molecule has 0 aromatic heterocycles. The van der Waals surface area contributed by atoms with Gasteiger partial charge in [0.25, 0.3) is 0 Å². The molecule has 4 N–H and O–H groups in total. The molecule has 1 heterocycles. The van der Waals surface area contributed by atoms with E-state index in [0.717, 1.165) is 16.7 Å². The quantitative estimate of drug-likeness (QED) is 0.478. The Hall–Kier alpha value is -2.40. The van der Waals surface area contributed by atoms with E-state index in [1.54, 1.807) is 6.07 Å². The highest BCUT2D eigenvalue weighted by Gasteiger charge is 2.49. The zero-order chi connectivity index (χ0) is 25.4. The van der Waals surface area contributed by atoms with Crippen LogP contribution in [0.3, 0.4) is 0 Å². The number of hydrogen-bond acceptors (Lipinski definition) is 7. The molecule has 4 rings (SSSR count). The van der Waals surface area contributed by atoms with Gasteiger partial charge in [0.2, 0.25) is 6.29 Å². The third-order valence-electron chi connectivity index (χ3n) is 6.59. The molecule has 2 aromatic carbocycles. The van der Waals surface area contributed by atoms with Crippen LogP contribution < -0.4 is 0 Å². The van der Waals surface area contributed by atoms with Crippen LogP contribution in [0.4, 0.5) is 4.79 Å². The van der Waals surface area contributed by atoms with E-state index in [1.165, 1.54) is 11.9 Å². The van der Waals surface area contributed by atoms with Crippen LogP contribution in [-0.4, -0.2) is 75.1 Å². The maximum atomic E-state index is 13.0. The van der Waals surface area contributed by atoms with Crippen molar-refractivity contribution in [3.63, 3.8) is 0 Å². The van der Waals surface area contributed by atoms with Crippen molar-refractivity contribution < 1.29 is 39.5 Å². The van der Waals surface area contributed by atoms with Crippen molar-refractivity contribution >= 4 is 35.3 Å². The average molecular weight is 526 g/mol. The summed E-state index contributed by atoms with van der Waals surface area (Å²) in [7, 11) is 1.53. The van der Waals surface area contributed by atoms with Gasteiger partial charge < -0.3 is 34.8 Å². The molecular formula is C24H25Cl2NO8. The van der Waals surface area contributed by atoms with Gasteiger partial charge in [-0.2, -0.15) is 0 Å². The number of nitrogens with zero attached hydrogens (tertiary/aromatic N) is 1. The van der Waals surface area contributed by atoms with Gasteiger partial charge in [-0.3, -0.25) is 0 Å². The molecule has 1 aliphatic carbocycles. The zero-order valence-electron chi connectivity index (χ0n) is 18.6. The third-order valence-corrected chi connectivity index (χ3v) is 7.33. The Morgan fingerprint density at radius 1 is 0.971 bits per heavy atom. The van der Waals surface area contributed by atoms with Crippen LogP contribution in [-0.2, 0) is 14.3 Å². The normalized spacial score (nSPS) is 30.3. The smallest absolute Gasteiger partial charge is 0.412 e. The molecule has 1 fully saturated rings. The van der Waals surface area contributed by atoms with Gasteiger partial charge in [-0.25, -0.2) is 9.59 Å². The molecule has 188 valence electrons. The summed E-state index contributed by atoms with van der Waals surface area (Å²) in [6.07, 6.45) is -8.79. The summed E-state index contributed by atoms with van der Waals surface area (Å²) >= 11 is 12.3. The fourth-order valence-electron chi connectivity index (χ4n) is 4.70. The van der Waals surface area contributed by atoms with Crippen molar-refractivity contribution in [1.29, 1.82) is 0 Å². The van der Waals surface area contributed by atoms with Crippen LogP contribution in [0.15, 0.2) is 42.5 Å². The molecular weight excluding hydrogens is 501 g/mol. The molecule has 0 radical (unpaired) electrons. The van der Waals surface area contributed by atoms with E-state index in [9.17, 15) is 30.0 Å². The fraction of sp³-hybridized carbons (Fsp3) is 0.417. The van der Waals surface area contributed by atoms with E-state index >= 15 is 0 Å². The van der Waals surface area contributed by atoms with Gasteiger partial charge in [0.1, 0.15) is 18.3 Å². The van der Waals surface area contributed by atoms with E-state index in [2.05, 4.69) is 0 Å². The van der Waals surface area contributed by atoms with Crippen molar-refractivity contribution in [2.24, 2.45) is 0 Å². The first-order chi connectivity index (χ1) is 16.6. The summed E-state index contributed by atoms with van der Waals surface area (Å²) in [5.74, 6) is -1.52. The predicted octanol–water partition coefficient (Wildman–Crippen LogP) is 2.92. The Labute approximate surface area is 211 Å². The minimum Gasteiger partial charge on any atom is -0.479 e. The Kier molecular flexibility index (Phi) is 7.56. The summed E-state index contributed by atoms with van der Waals surface area (Å²) in [5.41, 5.74) is 2.92. The minimum absolute atomic E-state index is 0.0399. The van der Waals surface area contributed by atoms with Crippen LogP contribution in [0.2, 0.25) is 10.0 Å². The molecule has 0 unspecified atom stereocenters. The molecule has 2 aromatic rings. The molecule has 2 aliphatic rings. The number of amides is 1. The minimum atomic E-state index is -1.88. The van der Waals surface area contributed by atoms with Crippen molar-refractivity contribution in [1.82, 2.24) is 4.90 Å². The lowest BCUT2D eigenvalue weighted by atomic mass is 9.76. The van der Waals surface area contributed by atoms with Crippen molar-refractivity contribution in [2.45, 2.75) is 55.5 Å². The molecule has 0 spiro atoms. The summed E-state index contributed by atoms with van der Waals surface area (Å²) in [5, 5.41) is 40.1. The van der Waals surface area contributed by atoms with Gasteiger partial charge in [0.05, 0.1) is 16.1 Å². The number of aliphatic carboxylic acids is 1. The number of carbonyl (C=O) groups is 2. The summed E-state index contributed by atoms with van der Waals surface area (Å²) in [6.45, 7) is 0. The van der Waals surface area contributed by atoms with Crippen molar-refractivity contribution in [3.05, 3.63) is 69.2 Å². The highest BCUT2D eigenvalue weighted by molar-refractivity contribution is 6.42. The number of halogens is 2. The predicted molar refractivity (Wildman–Crippen MR) is 125 cm³/mol. The van der Waals surface area contributed by atoms with Gasteiger partial charge in [-0.1, -0.05) is 53.5 Å². The number of hydrogen-bond donors (Lipinski definition) is 4. The van der Waals surface area contributed by atoms with Crippen LogP contribution in [0, 0.1) is 0 Å². The molecule has 7 atom stereocenters. The largest absolute Gasteiger partial charge is 0.479 e. The fourth-order valence-corrected chi connectivity index (χ4v) is 5.01. The monoisotopic (exact) mass is 525 g/mol. The van der Waals surface area contributed by atoms with Gasteiger partial charge in [0.15, 0.2) is 6.10 Å². The second kappa shape index (κ2) is 10.3. The van der Waals surface area contributed by atoms with Crippen LogP contribution in [0.25, 0.3) is 0 Å². The standard InChI is InChI=1S/C24H25Cl2NO8/c1-27(24(33)35-23-20(30)18(28)19(29)21(34-23)22(31)32)17-9-7-12(13-4-2-3-5-14(13)17)11-6-8-15(25)16(26)10-11/h2-6,8,10,12,17-21,23,28-30H,7,9H2,1H3,(H,31,32)/t12-,17-,18-,19-,20+,21-,23-/m0/s1. The van der Waals surface area contributed by atoms with Gasteiger partial charge in [-0.15, -0.1) is 0 Å². The Morgan fingerprint density at radius 3 is 2.31 bits per heavy atom.